The SMILES string of the molecule is CC(O)CC(CNC1CCN(c2ccccc2)CC1)c1ccccc1. The second kappa shape index (κ2) is 9.02. The van der Waals surface area contributed by atoms with Crippen LogP contribution < -0.4 is 10.2 Å². The molecule has 0 spiro atoms. The molecule has 3 rings (SSSR count). The number of hydrogen-bond acceptors (Lipinski definition) is 3. The number of nitrogens with one attached hydrogen (secondary N) is 1. The molecule has 3 nitrogen and oxygen atoms in total. The second-order valence-corrected chi connectivity index (χ2v) is 7.20. The third-order valence-electron chi connectivity index (χ3n) is 5.17. The first-order chi connectivity index (χ1) is 12.2. The fourth-order valence-electron chi connectivity index (χ4n) is 3.76. The van der Waals surface area contributed by atoms with E-state index in [9.17, 15) is 5.11 Å². The molecule has 3 heteroatoms. The Kier molecular flexibility index (Phi) is 6.48. The molecule has 1 saturated heterocycles. The van der Waals surface area contributed by atoms with Crippen molar-refractivity contribution in [3.05, 3.63) is 66.2 Å². The highest BCUT2D eigenvalue weighted by atomic mass is 16.3. The van der Waals surface area contributed by atoms with Crippen molar-refractivity contribution in [3.8, 4) is 0 Å². The Hall–Kier alpha value is -1.84. The Morgan fingerprint density at radius 2 is 1.60 bits per heavy atom. The van der Waals surface area contributed by atoms with Crippen molar-refractivity contribution in [1.29, 1.82) is 0 Å². The summed E-state index contributed by atoms with van der Waals surface area (Å²) in [4.78, 5) is 2.47. The molecule has 0 aliphatic carbocycles. The van der Waals surface area contributed by atoms with Gasteiger partial charge in [-0.3, -0.25) is 0 Å². The minimum Gasteiger partial charge on any atom is -0.393 e. The summed E-state index contributed by atoms with van der Waals surface area (Å²) in [5.74, 6) is 0.369. The maximum atomic E-state index is 9.85. The number of aliphatic hydroxyl groups is 1. The highest BCUT2D eigenvalue weighted by Crippen LogP contribution is 2.23. The molecule has 2 atom stereocenters. The zero-order chi connectivity index (χ0) is 17.5. The number of piperidine rings is 1. The van der Waals surface area contributed by atoms with Crippen LogP contribution in [0.15, 0.2) is 60.7 Å². The number of rotatable bonds is 7. The van der Waals surface area contributed by atoms with Crippen LogP contribution in [0.4, 0.5) is 5.69 Å². The van der Waals surface area contributed by atoms with Crippen LogP contribution in [0.1, 0.15) is 37.7 Å². The summed E-state index contributed by atoms with van der Waals surface area (Å²) in [5, 5.41) is 13.6. The molecule has 2 aromatic rings. The minimum atomic E-state index is -0.271. The topological polar surface area (TPSA) is 35.5 Å². The summed E-state index contributed by atoms with van der Waals surface area (Å²) in [6, 6.07) is 21.8. The molecule has 1 heterocycles. The van der Waals surface area contributed by atoms with Gasteiger partial charge in [0, 0.05) is 31.4 Å². The largest absolute Gasteiger partial charge is 0.393 e. The summed E-state index contributed by atoms with van der Waals surface area (Å²) in [7, 11) is 0. The molecular formula is C22H30N2O. The fourth-order valence-corrected chi connectivity index (χ4v) is 3.76. The van der Waals surface area contributed by atoms with Gasteiger partial charge in [-0.05, 0) is 49.8 Å². The van der Waals surface area contributed by atoms with Crippen molar-refractivity contribution in [3.63, 3.8) is 0 Å². The molecule has 1 aliphatic heterocycles. The van der Waals surface area contributed by atoms with E-state index in [2.05, 4.69) is 70.9 Å². The van der Waals surface area contributed by atoms with E-state index in [0.717, 1.165) is 26.1 Å². The Morgan fingerprint density at radius 1 is 1.00 bits per heavy atom. The van der Waals surface area contributed by atoms with Gasteiger partial charge in [0.2, 0.25) is 0 Å². The van der Waals surface area contributed by atoms with Crippen LogP contribution in [0, 0.1) is 0 Å². The Morgan fingerprint density at radius 3 is 2.20 bits per heavy atom. The smallest absolute Gasteiger partial charge is 0.0518 e. The summed E-state index contributed by atoms with van der Waals surface area (Å²) in [5.41, 5.74) is 2.65. The third-order valence-corrected chi connectivity index (χ3v) is 5.17. The van der Waals surface area contributed by atoms with E-state index in [1.807, 2.05) is 6.92 Å². The average molecular weight is 338 g/mol. The van der Waals surface area contributed by atoms with Crippen LogP contribution in [0.5, 0.6) is 0 Å². The number of anilines is 1. The van der Waals surface area contributed by atoms with E-state index in [1.54, 1.807) is 0 Å². The molecule has 2 N–H and O–H groups in total. The molecule has 0 radical (unpaired) electrons. The number of benzene rings is 2. The standard InChI is InChI=1S/C22H30N2O/c1-18(25)16-20(19-8-4-2-5-9-19)17-23-21-12-14-24(15-13-21)22-10-6-3-7-11-22/h2-11,18,20-21,23,25H,12-17H2,1H3. The Balaban J connectivity index is 1.51. The van der Waals surface area contributed by atoms with Gasteiger partial charge in [-0.2, -0.15) is 0 Å². The summed E-state index contributed by atoms with van der Waals surface area (Å²) in [6.07, 6.45) is 2.88. The quantitative estimate of drug-likeness (QED) is 0.806. The van der Waals surface area contributed by atoms with Crippen LogP contribution in [0.3, 0.4) is 0 Å². The van der Waals surface area contributed by atoms with Crippen LogP contribution in [0.25, 0.3) is 0 Å². The van der Waals surface area contributed by atoms with Gasteiger partial charge in [-0.25, -0.2) is 0 Å². The molecule has 2 unspecified atom stereocenters. The van der Waals surface area contributed by atoms with E-state index in [0.29, 0.717) is 12.0 Å². The number of hydrogen-bond donors (Lipinski definition) is 2. The van der Waals surface area contributed by atoms with Crippen LogP contribution in [-0.2, 0) is 0 Å². The van der Waals surface area contributed by atoms with Gasteiger partial charge in [-0.15, -0.1) is 0 Å². The van der Waals surface area contributed by atoms with Crippen LogP contribution in [0.2, 0.25) is 0 Å². The number of aliphatic hydroxyl groups excluding tert-OH is 1. The fraction of sp³-hybridized carbons (Fsp3) is 0.455. The van der Waals surface area contributed by atoms with Crippen molar-refractivity contribution >= 4 is 5.69 Å². The lowest BCUT2D eigenvalue weighted by Gasteiger charge is -2.35. The van der Waals surface area contributed by atoms with Crippen LogP contribution in [-0.4, -0.2) is 36.9 Å². The molecular weight excluding hydrogens is 308 g/mol. The summed E-state index contributed by atoms with van der Waals surface area (Å²) < 4.78 is 0. The first-order valence-electron chi connectivity index (χ1n) is 9.49. The minimum absolute atomic E-state index is 0.271. The number of para-hydroxylation sites is 1. The van der Waals surface area contributed by atoms with E-state index in [1.165, 1.54) is 24.1 Å². The van der Waals surface area contributed by atoms with Crippen molar-refractivity contribution in [2.45, 2.75) is 44.2 Å². The lowest BCUT2D eigenvalue weighted by Crippen LogP contribution is -2.43. The van der Waals surface area contributed by atoms with Crippen molar-refractivity contribution in [2.24, 2.45) is 0 Å². The molecule has 1 aliphatic rings. The predicted octanol–water partition coefficient (Wildman–Crippen LogP) is 3.80. The molecule has 25 heavy (non-hydrogen) atoms. The van der Waals surface area contributed by atoms with Gasteiger partial charge in [-0.1, -0.05) is 48.5 Å². The van der Waals surface area contributed by atoms with Crippen molar-refractivity contribution in [2.75, 3.05) is 24.5 Å². The van der Waals surface area contributed by atoms with Gasteiger partial charge in [0.15, 0.2) is 0 Å². The van der Waals surface area contributed by atoms with E-state index in [4.69, 9.17) is 0 Å². The molecule has 0 saturated carbocycles. The van der Waals surface area contributed by atoms with Gasteiger partial charge < -0.3 is 15.3 Å². The van der Waals surface area contributed by atoms with E-state index >= 15 is 0 Å². The monoisotopic (exact) mass is 338 g/mol. The second-order valence-electron chi connectivity index (χ2n) is 7.20. The summed E-state index contributed by atoms with van der Waals surface area (Å²) in [6.45, 7) is 5.03. The molecule has 1 fully saturated rings. The van der Waals surface area contributed by atoms with Crippen molar-refractivity contribution in [1.82, 2.24) is 5.32 Å². The van der Waals surface area contributed by atoms with Crippen molar-refractivity contribution < 1.29 is 5.11 Å². The molecule has 0 amide bonds. The van der Waals surface area contributed by atoms with Gasteiger partial charge in [0.25, 0.3) is 0 Å². The van der Waals surface area contributed by atoms with E-state index < -0.39 is 0 Å². The molecule has 0 bridgehead atoms. The maximum Gasteiger partial charge on any atom is 0.0518 e. The number of nitrogens with zero attached hydrogens (tertiary/aromatic N) is 1. The maximum absolute atomic E-state index is 9.85. The molecule has 0 aromatic heterocycles. The highest BCUT2D eigenvalue weighted by Gasteiger charge is 2.21. The highest BCUT2D eigenvalue weighted by molar-refractivity contribution is 5.46. The van der Waals surface area contributed by atoms with E-state index in [-0.39, 0.29) is 6.10 Å². The van der Waals surface area contributed by atoms with Gasteiger partial charge in [0.05, 0.1) is 6.10 Å². The lowest BCUT2D eigenvalue weighted by atomic mass is 9.92. The normalized spacial score (nSPS) is 18.1. The Bertz CT molecular complexity index is 606. The lowest BCUT2D eigenvalue weighted by molar-refractivity contribution is 0.172. The van der Waals surface area contributed by atoms with Crippen LogP contribution >= 0.6 is 0 Å². The zero-order valence-electron chi connectivity index (χ0n) is 15.1. The molecule has 134 valence electrons. The Labute approximate surface area is 151 Å². The van der Waals surface area contributed by atoms with Gasteiger partial charge >= 0.3 is 0 Å². The zero-order valence-corrected chi connectivity index (χ0v) is 15.1. The third kappa shape index (κ3) is 5.32. The van der Waals surface area contributed by atoms with Gasteiger partial charge in [0.1, 0.15) is 0 Å². The first-order valence-corrected chi connectivity index (χ1v) is 9.49. The average Bonchev–Trinajstić information content (AvgIpc) is 2.67. The predicted molar refractivity (Wildman–Crippen MR) is 105 cm³/mol. The molecule has 2 aromatic carbocycles. The summed E-state index contributed by atoms with van der Waals surface area (Å²) >= 11 is 0. The first kappa shape index (κ1) is 18.0.